The van der Waals surface area contributed by atoms with Crippen molar-refractivity contribution in [2.75, 3.05) is 19.8 Å². The maximum atomic E-state index is 14.4. The monoisotopic (exact) mass is 332 g/mol. The van der Waals surface area contributed by atoms with Crippen molar-refractivity contribution >= 4 is 17.0 Å². The molecule has 2 aromatic rings. The van der Waals surface area contributed by atoms with Gasteiger partial charge in [-0.2, -0.15) is 0 Å². The molecule has 2 aliphatic rings. The van der Waals surface area contributed by atoms with Gasteiger partial charge in [-0.05, 0) is 35.6 Å². The van der Waals surface area contributed by atoms with E-state index in [1.807, 2.05) is 6.07 Å². The molecule has 0 amide bonds. The van der Waals surface area contributed by atoms with Gasteiger partial charge in [-0.15, -0.1) is 11.3 Å². The van der Waals surface area contributed by atoms with Crippen LogP contribution in [0.4, 0.5) is 4.39 Å². The largest absolute Gasteiger partial charge is 0.474 e. The van der Waals surface area contributed by atoms with Crippen LogP contribution in [-0.4, -0.2) is 24.7 Å². The topological polar surface area (TPSA) is 33.7 Å². The van der Waals surface area contributed by atoms with E-state index in [1.165, 1.54) is 16.5 Å². The number of thiophene rings is 1. The summed E-state index contributed by atoms with van der Waals surface area (Å²) in [6, 6.07) is 8.92. The van der Waals surface area contributed by atoms with E-state index >= 15 is 0 Å². The quantitative estimate of drug-likeness (QED) is 0.916. The maximum absolute atomic E-state index is 14.4. The molecule has 0 aliphatic carbocycles. The molecule has 0 bridgehead atoms. The summed E-state index contributed by atoms with van der Waals surface area (Å²) < 4.78 is 20.1. The number of halogens is 1. The first kappa shape index (κ1) is 14.5. The molecule has 1 aromatic heterocycles. The number of fused-ring (bicyclic) bond motifs is 1. The minimum absolute atomic E-state index is 0.262. The van der Waals surface area contributed by atoms with E-state index in [-0.39, 0.29) is 5.82 Å². The summed E-state index contributed by atoms with van der Waals surface area (Å²) in [5.41, 5.74) is 5.36. The standard InChI is InChI=1S/C17H17FN2O2S/c18-14-4-2-1-3-13(14)16(17-19-22-9-8-21-17)20-7-5-15-12(11-20)6-10-23-15/h1-4,6,10,19H,5,7-9,11H2. The van der Waals surface area contributed by atoms with E-state index in [9.17, 15) is 4.39 Å². The Bertz CT molecular complexity index is 736. The minimum atomic E-state index is -0.262. The van der Waals surface area contributed by atoms with Gasteiger partial charge in [0.05, 0.1) is 0 Å². The minimum Gasteiger partial charge on any atom is -0.474 e. The summed E-state index contributed by atoms with van der Waals surface area (Å²) in [5.74, 6) is 0.224. The van der Waals surface area contributed by atoms with Gasteiger partial charge in [0.2, 0.25) is 5.88 Å². The molecule has 0 unspecified atom stereocenters. The highest BCUT2D eigenvalue weighted by molar-refractivity contribution is 7.10. The second-order valence-electron chi connectivity index (χ2n) is 5.50. The van der Waals surface area contributed by atoms with Crippen LogP contribution in [0.25, 0.3) is 5.70 Å². The summed E-state index contributed by atoms with van der Waals surface area (Å²) in [4.78, 5) is 8.86. The number of benzene rings is 1. The average molecular weight is 332 g/mol. The molecule has 1 saturated heterocycles. The number of nitrogens with zero attached hydrogens (tertiary/aromatic N) is 1. The van der Waals surface area contributed by atoms with Gasteiger partial charge in [-0.25, -0.2) is 9.87 Å². The summed E-state index contributed by atoms with van der Waals surface area (Å²) in [5, 5.41) is 2.11. The lowest BCUT2D eigenvalue weighted by molar-refractivity contribution is -0.0577. The molecular formula is C17H17FN2O2S. The molecule has 3 heterocycles. The smallest absolute Gasteiger partial charge is 0.236 e. The Morgan fingerprint density at radius 2 is 2.13 bits per heavy atom. The normalized spacial score (nSPS) is 19.6. The molecule has 1 aromatic carbocycles. The van der Waals surface area contributed by atoms with Crippen LogP contribution in [0.2, 0.25) is 0 Å². The van der Waals surface area contributed by atoms with Crippen molar-refractivity contribution in [1.82, 2.24) is 10.4 Å². The van der Waals surface area contributed by atoms with Gasteiger partial charge in [0.1, 0.15) is 24.7 Å². The zero-order valence-electron chi connectivity index (χ0n) is 12.5. The third kappa shape index (κ3) is 2.80. The van der Waals surface area contributed by atoms with Gasteiger partial charge >= 0.3 is 0 Å². The number of nitrogens with one attached hydrogen (secondary N) is 1. The Labute approximate surface area is 138 Å². The van der Waals surface area contributed by atoms with Crippen molar-refractivity contribution < 1.29 is 14.0 Å². The molecule has 120 valence electrons. The van der Waals surface area contributed by atoms with E-state index < -0.39 is 0 Å². The van der Waals surface area contributed by atoms with Gasteiger partial charge in [0.25, 0.3) is 0 Å². The van der Waals surface area contributed by atoms with Crippen LogP contribution in [-0.2, 0) is 22.5 Å². The van der Waals surface area contributed by atoms with Gasteiger partial charge in [-0.3, -0.25) is 4.84 Å². The van der Waals surface area contributed by atoms with E-state index in [1.54, 1.807) is 23.5 Å². The number of hydrogen-bond donors (Lipinski definition) is 1. The van der Waals surface area contributed by atoms with Crippen LogP contribution >= 0.6 is 11.3 Å². The molecule has 4 nitrogen and oxygen atoms in total. The second kappa shape index (κ2) is 6.22. The first-order valence-corrected chi connectivity index (χ1v) is 8.51. The number of hydrogen-bond acceptors (Lipinski definition) is 5. The number of ether oxygens (including phenoxy) is 1. The zero-order valence-corrected chi connectivity index (χ0v) is 13.4. The predicted molar refractivity (Wildman–Crippen MR) is 86.8 cm³/mol. The molecule has 23 heavy (non-hydrogen) atoms. The van der Waals surface area contributed by atoms with E-state index in [0.29, 0.717) is 24.7 Å². The molecule has 0 atom stereocenters. The second-order valence-corrected chi connectivity index (χ2v) is 6.50. The molecule has 0 radical (unpaired) electrons. The Hall–Kier alpha value is -2.05. The first-order chi connectivity index (χ1) is 11.3. The van der Waals surface area contributed by atoms with Gasteiger partial charge in [-0.1, -0.05) is 12.1 Å². The van der Waals surface area contributed by atoms with Gasteiger partial charge in [0.15, 0.2) is 0 Å². The van der Waals surface area contributed by atoms with Crippen LogP contribution in [0.3, 0.4) is 0 Å². The summed E-state index contributed by atoms with van der Waals surface area (Å²) in [6.45, 7) is 2.50. The van der Waals surface area contributed by atoms with Crippen LogP contribution in [0.5, 0.6) is 0 Å². The fourth-order valence-electron chi connectivity index (χ4n) is 2.98. The van der Waals surface area contributed by atoms with Crippen LogP contribution in [0.1, 0.15) is 16.0 Å². The highest BCUT2D eigenvalue weighted by atomic mass is 32.1. The lowest BCUT2D eigenvalue weighted by Crippen LogP contribution is -2.35. The van der Waals surface area contributed by atoms with Crippen molar-refractivity contribution in [2.45, 2.75) is 13.0 Å². The fraction of sp³-hybridized carbons (Fsp3) is 0.294. The molecule has 2 aliphatic heterocycles. The van der Waals surface area contributed by atoms with Crippen LogP contribution < -0.4 is 5.48 Å². The Morgan fingerprint density at radius 3 is 2.96 bits per heavy atom. The molecule has 6 heteroatoms. The van der Waals surface area contributed by atoms with E-state index in [0.717, 1.165) is 25.2 Å². The Kier molecular flexibility index (Phi) is 3.93. The zero-order chi connectivity index (χ0) is 15.6. The van der Waals surface area contributed by atoms with Crippen molar-refractivity contribution in [3.8, 4) is 0 Å². The fourth-order valence-corrected chi connectivity index (χ4v) is 3.87. The van der Waals surface area contributed by atoms with Crippen molar-refractivity contribution in [3.05, 3.63) is 63.4 Å². The molecule has 0 spiro atoms. The maximum Gasteiger partial charge on any atom is 0.236 e. The SMILES string of the molecule is Fc1ccccc1C(=C1NOCCO1)N1CCc2sccc2C1. The lowest BCUT2D eigenvalue weighted by atomic mass is 10.1. The van der Waals surface area contributed by atoms with Crippen LogP contribution in [0.15, 0.2) is 41.6 Å². The van der Waals surface area contributed by atoms with Gasteiger partial charge < -0.3 is 9.64 Å². The molecule has 4 rings (SSSR count). The third-order valence-electron chi connectivity index (χ3n) is 4.06. The van der Waals surface area contributed by atoms with Crippen molar-refractivity contribution in [3.63, 3.8) is 0 Å². The van der Waals surface area contributed by atoms with Crippen molar-refractivity contribution in [1.29, 1.82) is 0 Å². The highest BCUT2D eigenvalue weighted by Crippen LogP contribution is 2.32. The molecule has 1 fully saturated rings. The van der Waals surface area contributed by atoms with E-state index in [4.69, 9.17) is 9.57 Å². The van der Waals surface area contributed by atoms with Gasteiger partial charge in [0, 0.05) is 23.5 Å². The summed E-state index contributed by atoms with van der Waals surface area (Å²) >= 11 is 1.79. The summed E-state index contributed by atoms with van der Waals surface area (Å²) in [7, 11) is 0. The Balaban J connectivity index is 1.76. The average Bonchev–Trinajstić information content (AvgIpc) is 3.06. The molecule has 0 saturated carbocycles. The molecule has 1 N–H and O–H groups in total. The van der Waals surface area contributed by atoms with Crippen LogP contribution in [0, 0.1) is 5.82 Å². The lowest BCUT2D eigenvalue weighted by Gasteiger charge is -2.33. The third-order valence-corrected chi connectivity index (χ3v) is 5.09. The van der Waals surface area contributed by atoms with Crippen molar-refractivity contribution in [2.24, 2.45) is 0 Å². The number of rotatable bonds is 2. The first-order valence-electron chi connectivity index (χ1n) is 7.63. The highest BCUT2D eigenvalue weighted by Gasteiger charge is 2.26. The summed E-state index contributed by atoms with van der Waals surface area (Å²) in [6.07, 6.45) is 0.957. The Morgan fingerprint density at radius 1 is 1.22 bits per heavy atom. The van der Waals surface area contributed by atoms with E-state index in [2.05, 4.69) is 21.8 Å². The molecular weight excluding hydrogens is 315 g/mol. The number of hydroxylamine groups is 1. The predicted octanol–water partition coefficient (Wildman–Crippen LogP) is 3.12.